The van der Waals surface area contributed by atoms with Crippen LogP contribution in [0.4, 0.5) is 26.2 Å². The standard InChI is InChI=1S/C46H53FN12O4/c1-26-20-33(35(47)21-32(26)28(3)53-43(61)42-56-44(63-57-42)46(4,5)6)40-34-22-37(54-41(34)52-25-51-40)36-9-7-30(24-50-36)49-15-14-48-23-29-11-16-58(17-12-29)31-8-10-38(27(2)19-31)59-18-13-39(60)55-45(59)62/h7-10,19-22,24-25,28-29,48-49H,11-18,23H2,1-6H3,(H,53,61)(H,51,52,54)(H,55,60,62)/t28-/m1/s1. The zero-order valence-electron chi connectivity index (χ0n) is 36.4. The fourth-order valence-electron chi connectivity index (χ4n) is 8.18. The summed E-state index contributed by atoms with van der Waals surface area (Å²) < 4.78 is 21.2. The lowest BCUT2D eigenvalue weighted by Crippen LogP contribution is -2.49. The number of H-pyrrole nitrogens is 1. The number of hydrogen-bond donors (Lipinski definition) is 5. The van der Waals surface area contributed by atoms with Gasteiger partial charge in [-0.15, -0.1) is 0 Å². The molecule has 0 bridgehead atoms. The number of benzene rings is 2. The van der Waals surface area contributed by atoms with Gasteiger partial charge in [-0.1, -0.05) is 25.9 Å². The summed E-state index contributed by atoms with van der Waals surface area (Å²) in [6.45, 7) is 16.2. The van der Waals surface area contributed by atoms with Gasteiger partial charge in [0.15, 0.2) is 0 Å². The fraction of sp³-hybridized carbons (Fsp3) is 0.391. The van der Waals surface area contributed by atoms with E-state index in [2.05, 4.69) is 68.4 Å². The van der Waals surface area contributed by atoms with Crippen molar-refractivity contribution in [1.82, 2.24) is 46.0 Å². The van der Waals surface area contributed by atoms with Gasteiger partial charge in [0, 0.05) is 66.9 Å². The Morgan fingerprint density at radius 3 is 2.51 bits per heavy atom. The summed E-state index contributed by atoms with van der Waals surface area (Å²) in [4.78, 5) is 62.0. The van der Waals surface area contributed by atoms with Crippen molar-refractivity contribution in [2.24, 2.45) is 5.92 Å². The normalized spacial score (nSPS) is 15.5. The third-order valence-corrected chi connectivity index (χ3v) is 11.7. The molecule has 6 aromatic rings. The molecular weight excluding hydrogens is 804 g/mol. The fourth-order valence-corrected chi connectivity index (χ4v) is 8.18. The molecule has 5 N–H and O–H groups in total. The molecule has 2 saturated heterocycles. The van der Waals surface area contributed by atoms with E-state index >= 15 is 4.39 Å². The molecule has 328 valence electrons. The number of hydrogen-bond acceptors (Lipinski definition) is 12. The average Bonchev–Trinajstić information content (AvgIpc) is 3.95. The van der Waals surface area contributed by atoms with Crippen molar-refractivity contribution in [2.75, 3.05) is 54.4 Å². The third kappa shape index (κ3) is 9.52. The van der Waals surface area contributed by atoms with Gasteiger partial charge in [-0.3, -0.25) is 24.8 Å². The van der Waals surface area contributed by atoms with E-state index in [0.717, 1.165) is 79.4 Å². The summed E-state index contributed by atoms with van der Waals surface area (Å²) in [5, 5.41) is 16.8. The van der Waals surface area contributed by atoms with Gasteiger partial charge in [0.1, 0.15) is 17.8 Å². The smallest absolute Gasteiger partial charge is 0.328 e. The molecule has 4 aromatic heterocycles. The summed E-state index contributed by atoms with van der Waals surface area (Å²) in [7, 11) is 0. The number of aromatic nitrogens is 6. The summed E-state index contributed by atoms with van der Waals surface area (Å²) in [5.74, 6) is -0.359. The Labute approximate surface area is 364 Å². The minimum absolute atomic E-state index is 0.0772. The molecule has 2 aliphatic rings. The molecule has 0 radical (unpaired) electrons. The van der Waals surface area contributed by atoms with Crippen molar-refractivity contribution in [3.63, 3.8) is 0 Å². The lowest BCUT2D eigenvalue weighted by atomic mass is 9.96. The van der Waals surface area contributed by atoms with Gasteiger partial charge < -0.3 is 30.4 Å². The molecule has 8 rings (SSSR count). The second-order valence-electron chi connectivity index (χ2n) is 17.4. The molecule has 2 aliphatic heterocycles. The second-order valence-corrected chi connectivity index (χ2v) is 17.4. The zero-order chi connectivity index (χ0) is 44.4. The van der Waals surface area contributed by atoms with Gasteiger partial charge >= 0.3 is 6.03 Å². The summed E-state index contributed by atoms with van der Waals surface area (Å²) in [6, 6.07) is 14.3. The number of aryl methyl sites for hydroxylation is 2. The molecule has 4 amide bonds. The summed E-state index contributed by atoms with van der Waals surface area (Å²) in [6.07, 6.45) is 5.69. The van der Waals surface area contributed by atoms with Crippen LogP contribution in [0.3, 0.4) is 0 Å². The summed E-state index contributed by atoms with van der Waals surface area (Å²) in [5.41, 5.74) is 7.64. The van der Waals surface area contributed by atoms with Gasteiger partial charge in [0.05, 0.1) is 35.0 Å². The van der Waals surface area contributed by atoms with E-state index in [1.807, 2.05) is 58.9 Å². The van der Waals surface area contributed by atoms with Gasteiger partial charge in [-0.05, 0) is 111 Å². The Morgan fingerprint density at radius 1 is 0.984 bits per heavy atom. The number of anilines is 3. The van der Waals surface area contributed by atoms with Crippen LogP contribution < -0.4 is 31.1 Å². The maximum absolute atomic E-state index is 15.9. The van der Waals surface area contributed by atoms with Crippen LogP contribution in [0.1, 0.15) is 86.2 Å². The van der Waals surface area contributed by atoms with E-state index in [4.69, 9.17) is 4.52 Å². The number of fused-ring (bicyclic) bond motifs is 1. The molecule has 0 aliphatic carbocycles. The third-order valence-electron chi connectivity index (χ3n) is 11.7. The predicted octanol–water partition coefficient (Wildman–Crippen LogP) is 6.98. The molecule has 17 heteroatoms. The van der Waals surface area contributed by atoms with E-state index in [1.165, 1.54) is 12.4 Å². The lowest BCUT2D eigenvalue weighted by molar-refractivity contribution is -0.120. The quantitative estimate of drug-likeness (QED) is 0.0749. The molecule has 0 spiro atoms. The van der Waals surface area contributed by atoms with Crippen LogP contribution in [-0.4, -0.2) is 87.2 Å². The number of aromatic amines is 1. The van der Waals surface area contributed by atoms with Gasteiger partial charge in [-0.2, -0.15) is 4.98 Å². The largest absolute Gasteiger partial charge is 0.383 e. The van der Waals surface area contributed by atoms with E-state index in [9.17, 15) is 14.4 Å². The Hall–Kier alpha value is -6.75. The van der Waals surface area contributed by atoms with E-state index in [-0.39, 0.29) is 17.8 Å². The number of carbonyl (C=O) groups excluding carboxylic acids is 3. The first-order valence-electron chi connectivity index (χ1n) is 21.4. The van der Waals surface area contributed by atoms with Crippen LogP contribution in [0.15, 0.2) is 65.6 Å². The van der Waals surface area contributed by atoms with Crippen molar-refractivity contribution in [1.29, 1.82) is 0 Å². The van der Waals surface area contributed by atoms with Crippen molar-refractivity contribution >= 4 is 45.9 Å². The van der Waals surface area contributed by atoms with Crippen LogP contribution in [0.25, 0.3) is 33.7 Å². The van der Waals surface area contributed by atoms with E-state index in [0.29, 0.717) is 58.3 Å². The monoisotopic (exact) mass is 856 g/mol. The Bertz CT molecular complexity index is 2650. The molecule has 6 heterocycles. The first-order valence-corrected chi connectivity index (χ1v) is 21.4. The van der Waals surface area contributed by atoms with Crippen molar-refractivity contribution in [3.8, 4) is 22.6 Å². The SMILES string of the molecule is Cc1cc(-c2ncnc3[nH]c(-c4ccc(NCCNCC5CCN(c6ccc(N7CCC(=O)NC7=O)c(C)c6)CC5)cn4)cc23)c(F)cc1[C@@H](C)NC(=O)c1noc(C(C)(C)C)n1. The van der Waals surface area contributed by atoms with Crippen LogP contribution in [-0.2, 0) is 10.2 Å². The molecular formula is C46H53FN12O4. The zero-order valence-corrected chi connectivity index (χ0v) is 36.4. The number of amides is 4. The van der Waals surface area contributed by atoms with Gasteiger partial charge in [-0.25, -0.2) is 19.2 Å². The van der Waals surface area contributed by atoms with Gasteiger partial charge in [0.25, 0.3) is 11.7 Å². The maximum Gasteiger partial charge on any atom is 0.328 e. The number of pyridine rings is 1. The van der Waals surface area contributed by atoms with Crippen LogP contribution >= 0.6 is 0 Å². The number of halogens is 1. The highest BCUT2D eigenvalue weighted by molar-refractivity contribution is 6.06. The molecule has 1 atom stereocenters. The lowest BCUT2D eigenvalue weighted by Gasteiger charge is -2.34. The molecule has 2 aromatic carbocycles. The van der Waals surface area contributed by atoms with E-state index < -0.39 is 23.2 Å². The van der Waals surface area contributed by atoms with Crippen molar-refractivity contribution in [3.05, 3.63) is 95.3 Å². The minimum Gasteiger partial charge on any atom is -0.383 e. The number of nitrogens with zero attached hydrogens (tertiary/aromatic N) is 7. The highest BCUT2D eigenvalue weighted by Crippen LogP contribution is 2.34. The number of rotatable bonds is 13. The molecule has 16 nitrogen and oxygen atoms in total. The average molecular weight is 857 g/mol. The van der Waals surface area contributed by atoms with E-state index in [1.54, 1.807) is 24.1 Å². The number of urea groups is 1. The highest BCUT2D eigenvalue weighted by Gasteiger charge is 2.28. The molecule has 0 unspecified atom stereocenters. The predicted molar refractivity (Wildman–Crippen MR) is 239 cm³/mol. The van der Waals surface area contributed by atoms with Crippen LogP contribution in [0.2, 0.25) is 0 Å². The van der Waals surface area contributed by atoms with Crippen molar-refractivity contribution < 1.29 is 23.3 Å². The van der Waals surface area contributed by atoms with Crippen molar-refractivity contribution in [2.45, 2.75) is 72.3 Å². The number of piperidine rings is 1. The summed E-state index contributed by atoms with van der Waals surface area (Å²) >= 11 is 0. The Morgan fingerprint density at radius 2 is 1.79 bits per heavy atom. The molecule has 2 fully saturated rings. The highest BCUT2D eigenvalue weighted by atomic mass is 19.1. The van der Waals surface area contributed by atoms with Crippen LogP contribution in [0.5, 0.6) is 0 Å². The molecule has 0 saturated carbocycles. The molecule has 63 heavy (non-hydrogen) atoms. The Balaban J connectivity index is 0.813. The topological polar surface area (TPSA) is 199 Å². The number of imide groups is 1. The minimum atomic E-state index is -0.534. The van der Waals surface area contributed by atoms with Crippen LogP contribution in [0, 0.1) is 25.6 Å². The Kier molecular flexibility index (Phi) is 12.2. The maximum atomic E-state index is 15.9. The first kappa shape index (κ1) is 42.9. The first-order chi connectivity index (χ1) is 30.2. The second kappa shape index (κ2) is 17.9. The number of nitrogens with one attached hydrogen (secondary N) is 5. The van der Waals surface area contributed by atoms with Gasteiger partial charge in [0.2, 0.25) is 11.8 Å². The number of carbonyl (C=O) groups is 3.